The molecular weight excluding hydrogens is 390 g/mol. The molecule has 0 radical (unpaired) electrons. The molecule has 6 nitrogen and oxygen atoms in total. The van der Waals surface area contributed by atoms with Gasteiger partial charge >= 0.3 is 11.8 Å². The highest BCUT2D eigenvalue weighted by molar-refractivity contribution is 6.39. The number of aromatic hydroxyl groups is 1. The van der Waals surface area contributed by atoms with Crippen LogP contribution in [0.15, 0.2) is 84.9 Å². The number of phenolic OH excluding ortho intramolecular Hbond substituents is 1. The molecule has 3 aromatic rings. The van der Waals surface area contributed by atoms with Gasteiger partial charge in [0.2, 0.25) is 0 Å². The van der Waals surface area contributed by atoms with E-state index in [-0.39, 0.29) is 11.8 Å². The van der Waals surface area contributed by atoms with Crippen molar-refractivity contribution in [3.05, 3.63) is 96.1 Å². The van der Waals surface area contributed by atoms with E-state index in [1.807, 2.05) is 36.4 Å². The molecule has 2 N–H and O–H groups in total. The zero-order chi connectivity index (χ0) is 21.6. The van der Waals surface area contributed by atoms with Crippen LogP contribution in [0, 0.1) is 0 Å². The van der Waals surface area contributed by atoms with Gasteiger partial charge in [-0.1, -0.05) is 60.7 Å². The number of nitrogens with one attached hydrogen (secondary N) is 1. The van der Waals surface area contributed by atoms with Crippen LogP contribution in [0.3, 0.4) is 0 Å². The van der Waals surface area contributed by atoms with Gasteiger partial charge in [0.25, 0.3) is 0 Å². The number of piperazine rings is 1. The van der Waals surface area contributed by atoms with Crippen LogP contribution in [0.5, 0.6) is 5.75 Å². The SMILES string of the molecule is O=C(Nc1ccc(O)cc1)C(=O)N1CCN(C(c2ccccc2)c2ccccc2)CC1. The number of carbonyl (C=O) groups is 2. The fourth-order valence-electron chi connectivity index (χ4n) is 3.94. The molecule has 158 valence electrons. The topological polar surface area (TPSA) is 72.9 Å². The molecular formula is C25H25N3O3. The van der Waals surface area contributed by atoms with Crippen LogP contribution in [-0.2, 0) is 9.59 Å². The molecule has 0 aliphatic carbocycles. The van der Waals surface area contributed by atoms with E-state index < -0.39 is 11.8 Å². The summed E-state index contributed by atoms with van der Waals surface area (Å²) in [6.07, 6.45) is 0. The lowest BCUT2D eigenvalue weighted by Crippen LogP contribution is -2.52. The van der Waals surface area contributed by atoms with E-state index in [0.717, 1.165) is 0 Å². The van der Waals surface area contributed by atoms with Crippen LogP contribution in [0.1, 0.15) is 17.2 Å². The Morgan fingerprint density at radius 1 is 0.742 bits per heavy atom. The summed E-state index contributed by atoms with van der Waals surface area (Å²) in [4.78, 5) is 29.0. The normalized spacial score (nSPS) is 14.4. The molecule has 4 rings (SSSR count). The monoisotopic (exact) mass is 415 g/mol. The Kier molecular flexibility index (Phi) is 6.29. The second kappa shape index (κ2) is 9.45. The average Bonchev–Trinajstić information content (AvgIpc) is 2.82. The molecule has 0 saturated carbocycles. The number of nitrogens with zero attached hydrogens (tertiary/aromatic N) is 2. The van der Waals surface area contributed by atoms with E-state index in [4.69, 9.17) is 0 Å². The minimum atomic E-state index is -0.665. The van der Waals surface area contributed by atoms with Gasteiger partial charge in [-0.25, -0.2) is 0 Å². The number of amides is 2. The highest BCUT2D eigenvalue weighted by atomic mass is 16.3. The number of rotatable bonds is 4. The summed E-state index contributed by atoms with van der Waals surface area (Å²) in [6.45, 7) is 2.31. The van der Waals surface area contributed by atoms with Crippen LogP contribution in [-0.4, -0.2) is 52.9 Å². The van der Waals surface area contributed by atoms with E-state index >= 15 is 0 Å². The third-order valence-electron chi connectivity index (χ3n) is 5.52. The first-order valence-electron chi connectivity index (χ1n) is 10.3. The van der Waals surface area contributed by atoms with Crippen molar-refractivity contribution in [2.24, 2.45) is 0 Å². The Hall–Kier alpha value is -3.64. The standard InChI is InChI=1S/C25H25N3O3/c29-22-13-11-21(12-14-22)26-24(30)25(31)28-17-15-27(16-18-28)23(19-7-3-1-4-8-19)20-9-5-2-6-10-20/h1-14,23,29H,15-18H2,(H,26,30). The maximum Gasteiger partial charge on any atom is 0.313 e. The van der Waals surface area contributed by atoms with Crippen molar-refractivity contribution < 1.29 is 14.7 Å². The lowest BCUT2D eigenvalue weighted by Gasteiger charge is -2.39. The molecule has 0 unspecified atom stereocenters. The van der Waals surface area contributed by atoms with Gasteiger partial charge in [0.15, 0.2) is 0 Å². The number of carbonyl (C=O) groups excluding carboxylic acids is 2. The van der Waals surface area contributed by atoms with Gasteiger partial charge in [0, 0.05) is 31.9 Å². The molecule has 31 heavy (non-hydrogen) atoms. The van der Waals surface area contributed by atoms with Crippen molar-refractivity contribution in [3.8, 4) is 5.75 Å². The van der Waals surface area contributed by atoms with Gasteiger partial charge in [-0.05, 0) is 35.4 Å². The van der Waals surface area contributed by atoms with Gasteiger partial charge in [0.05, 0.1) is 6.04 Å². The summed E-state index contributed by atoms with van der Waals surface area (Å²) < 4.78 is 0. The Morgan fingerprint density at radius 2 is 1.26 bits per heavy atom. The molecule has 1 heterocycles. The molecule has 0 bridgehead atoms. The molecule has 3 aromatic carbocycles. The minimum absolute atomic E-state index is 0.102. The van der Waals surface area contributed by atoms with Crippen molar-refractivity contribution >= 4 is 17.5 Å². The molecule has 0 atom stereocenters. The molecule has 1 saturated heterocycles. The third kappa shape index (κ3) is 4.92. The van der Waals surface area contributed by atoms with Crippen molar-refractivity contribution in [1.29, 1.82) is 0 Å². The van der Waals surface area contributed by atoms with Gasteiger partial charge in [0.1, 0.15) is 5.75 Å². The number of hydrogen-bond acceptors (Lipinski definition) is 4. The molecule has 2 amide bonds. The maximum atomic E-state index is 12.6. The highest BCUT2D eigenvalue weighted by Gasteiger charge is 2.30. The van der Waals surface area contributed by atoms with Gasteiger partial charge < -0.3 is 15.3 Å². The summed E-state index contributed by atoms with van der Waals surface area (Å²) >= 11 is 0. The summed E-state index contributed by atoms with van der Waals surface area (Å²) in [5.41, 5.74) is 2.89. The molecule has 6 heteroatoms. The lowest BCUT2D eigenvalue weighted by atomic mass is 9.96. The van der Waals surface area contributed by atoms with Crippen molar-refractivity contribution in [2.75, 3.05) is 31.5 Å². The number of anilines is 1. The van der Waals surface area contributed by atoms with Crippen LogP contribution >= 0.6 is 0 Å². The zero-order valence-electron chi connectivity index (χ0n) is 17.1. The summed E-state index contributed by atoms with van der Waals surface area (Å²) in [5.74, 6) is -1.10. The van der Waals surface area contributed by atoms with Gasteiger partial charge in [-0.3, -0.25) is 14.5 Å². The van der Waals surface area contributed by atoms with Gasteiger partial charge in [-0.2, -0.15) is 0 Å². The minimum Gasteiger partial charge on any atom is -0.508 e. The number of benzene rings is 3. The number of phenols is 1. The van der Waals surface area contributed by atoms with E-state index in [1.54, 1.807) is 17.0 Å². The summed E-state index contributed by atoms with van der Waals surface area (Å²) in [7, 11) is 0. The first-order chi connectivity index (χ1) is 15.1. The lowest BCUT2D eigenvalue weighted by molar-refractivity contribution is -0.144. The quantitative estimate of drug-likeness (QED) is 0.507. The highest BCUT2D eigenvalue weighted by Crippen LogP contribution is 2.29. The molecule has 0 aromatic heterocycles. The molecule has 1 fully saturated rings. The van der Waals surface area contributed by atoms with E-state index in [2.05, 4.69) is 34.5 Å². The Morgan fingerprint density at radius 3 is 1.77 bits per heavy atom. The zero-order valence-corrected chi connectivity index (χ0v) is 17.1. The summed E-state index contributed by atoms with van der Waals surface area (Å²) in [6, 6.07) is 26.8. The smallest absolute Gasteiger partial charge is 0.313 e. The Balaban J connectivity index is 1.42. The van der Waals surface area contributed by atoms with Crippen molar-refractivity contribution in [1.82, 2.24) is 9.80 Å². The predicted octanol–water partition coefficient (Wildman–Crippen LogP) is 3.26. The molecule has 1 aliphatic rings. The van der Waals surface area contributed by atoms with Crippen molar-refractivity contribution in [3.63, 3.8) is 0 Å². The van der Waals surface area contributed by atoms with Crippen LogP contribution in [0.2, 0.25) is 0 Å². The van der Waals surface area contributed by atoms with Gasteiger partial charge in [-0.15, -0.1) is 0 Å². The van der Waals surface area contributed by atoms with E-state index in [1.165, 1.54) is 23.3 Å². The summed E-state index contributed by atoms with van der Waals surface area (Å²) in [5, 5.41) is 11.9. The maximum absolute atomic E-state index is 12.6. The van der Waals surface area contributed by atoms with Crippen LogP contribution in [0.25, 0.3) is 0 Å². The fraction of sp³-hybridized carbons (Fsp3) is 0.200. The second-order valence-electron chi connectivity index (χ2n) is 7.55. The largest absolute Gasteiger partial charge is 0.508 e. The first kappa shape index (κ1) is 20.6. The Labute approximate surface area is 181 Å². The average molecular weight is 415 g/mol. The second-order valence-corrected chi connectivity index (χ2v) is 7.55. The van der Waals surface area contributed by atoms with Crippen LogP contribution < -0.4 is 5.32 Å². The van der Waals surface area contributed by atoms with Crippen LogP contribution in [0.4, 0.5) is 5.69 Å². The van der Waals surface area contributed by atoms with E-state index in [0.29, 0.717) is 31.9 Å². The third-order valence-corrected chi connectivity index (χ3v) is 5.52. The Bertz CT molecular complexity index is 975. The predicted molar refractivity (Wildman–Crippen MR) is 120 cm³/mol. The first-order valence-corrected chi connectivity index (χ1v) is 10.3. The molecule has 1 aliphatic heterocycles. The number of hydrogen-bond donors (Lipinski definition) is 2. The fourth-order valence-corrected chi connectivity index (χ4v) is 3.94. The van der Waals surface area contributed by atoms with Crippen molar-refractivity contribution in [2.45, 2.75) is 6.04 Å². The molecule has 0 spiro atoms. The van der Waals surface area contributed by atoms with E-state index in [9.17, 15) is 14.7 Å².